The maximum Gasteiger partial charge on any atom is 0.416 e. The van der Waals surface area contributed by atoms with Gasteiger partial charge in [-0.3, -0.25) is 4.79 Å². The highest BCUT2D eigenvalue weighted by Crippen LogP contribution is 2.34. The molecule has 0 aromatic heterocycles. The quantitative estimate of drug-likeness (QED) is 0.295. The minimum Gasteiger partial charge on any atom is -0.494 e. The smallest absolute Gasteiger partial charge is 0.416 e. The molecule has 1 amide bonds. The van der Waals surface area contributed by atoms with E-state index in [-0.39, 0.29) is 31.0 Å². The summed E-state index contributed by atoms with van der Waals surface area (Å²) in [5.41, 5.74) is -0.667. The zero-order chi connectivity index (χ0) is 28.6. The van der Waals surface area contributed by atoms with E-state index >= 15 is 0 Å². The number of benzene rings is 3. The fourth-order valence-corrected chi connectivity index (χ4v) is 4.40. The van der Waals surface area contributed by atoms with Gasteiger partial charge < -0.3 is 19.9 Å². The summed E-state index contributed by atoms with van der Waals surface area (Å²) >= 11 is 0. The lowest BCUT2D eigenvalue weighted by atomic mass is 9.88. The zero-order valence-corrected chi connectivity index (χ0v) is 22.0. The molecule has 40 heavy (non-hydrogen) atoms. The van der Waals surface area contributed by atoms with Crippen molar-refractivity contribution in [2.24, 2.45) is 4.99 Å². The molecule has 9 heteroatoms. The molecule has 6 nitrogen and oxygen atoms in total. The van der Waals surface area contributed by atoms with Crippen molar-refractivity contribution in [2.45, 2.75) is 44.1 Å². The summed E-state index contributed by atoms with van der Waals surface area (Å²) in [5, 5.41) is 11.6. The molecule has 1 aliphatic rings. The second kappa shape index (κ2) is 12.8. The molecular formula is C31H31F3N2O4. The maximum absolute atomic E-state index is 13.7. The SMILES string of the molecule is C[C@H]1OC(c2ccc(OCCCO)cc2)=N[C@@]1(C/C=C/c1ccccc1)C(=O)NCc1ccccc1C(F)(F)F. The van der Waals surface area contributed by atoms with Gasteiger partial charge in [0.2, 0.25) is 5.90 Å². The Hall–Kier alpha value is -4.11. The summed E-state index contributed by atoms with van der Waals surface area (Å²) in [6.07, 6.45) is -0.865. The molecule has 3 aromatic rings. The number of amides is 1. The summed E-state index contributed by atoms with van der Waals surface area (Å²) in [6.45, 7) is 1.82. The largest absolute Gasteiger partial charge is 0.494 e. The molecule has 3 aromatic carbocycles. The van der Waals surface area contributed by atoms with Gasteiger partial charge in [-0.05, 0) is 48.4 Å². The van der Waals surface area contributed by atoms with Crippen LogP contribution in [-0.2, 0) is 22.3 Å². The van der Waals surface area contributed by atoms with Crippen molar-refractivity contribution in [3.05, 3.63) is 107 Å². The minimum absolute atomic E-state index is 0.0330. The van der Waals surface area contributed by atoms with E-state index in [1.54, 1.807) is 31.2 Å². The minimum atomic E-state index is -4.54. The van der Waals surface area contributed by atoms with E-state index in [0.717, 1.165) is 11.6 Å². The Morgan fingerprint density at radius 2 is 1.77 bits per heavy atom. The fraction of sp³-hybridized carbons (Fsp3) is 0.290. The van der Waals surface area contributed by atoms with Gasteiger partial charge >= 0.3 is 6.18 Å². The number of halogens is 3. The third kappa shape index (κ3) is 6.90. The average molecular weight is 553 g/mol. The number of carbonyl (C=O) groups is 1. The second-order valence-electron chi connectivity index (χ2n) is 9.41. The van der Waals surface area contributed by atoms with Crippen LogP contribution in [0.4, 0.5) is 13.2 Å². The van der Waals surface area contributed by atoms with E-state index in [4.69, 9.17) is 19.6 Å². The van der Waals surface area contributed by atoms with Crippen LogP contribution >= 0.6 is 0 Å². The Kier molecular flexibility index (Phi) is 9.26. The first-order valence-electron chi connectivity index (χ1n) is 13.0. The average Bonchev–Trinajstić information content (AvgIpc) is 3.29. The molecule has 1 heterocycles. The van der Waals surface area contributed by atoms with Crippen LogP contribution in [0.15, 0.2) is 89.9 Å². The number of rotatable bonds is 11. The monoisotopic (exact) mass is 552 g/mol. The molecule has 0 saturated carbocycles. The predicted molar refractivity (Wildman–Crippen MR) is 147 cm³/mol. The van der Waals surface area contributed by atoms with Gasteiger partial charge in [0.15, 0.2) is 5.54 Å². The molecule has 0 saturated heterocycles. The topological polar surface area (TPSA) is 80.2 Å². The van der Waals surface area contributed by atoms with E-state index in [2.05, 4.69) is 5.32 Å². The number of aliphatic imine (C=N–C) groups is 1. The van der Waals surface area contributed by atoms with Crippen LogP contribution in [0.3, 0.4) is 0 Å². The number of carbonyl (C=O) groups excluding carboxylic acids is 1. The second-order valence-corrected chi connectivity index (χ2v) is 9.41. The molecule has 0 radical (unpaired) electrons. The van der Waals surface area contributed by atoms with Crippen molar-refractivity contribution >= 4 is 17.9 Å². The van der Waals surface area contributed by atoms with Crippen molar-refractivity contribution in [1.29, 1.82) is 0 Å². The molecule has 0 unspecified atom stereocenters. The first kappa shape index (κ1) is 28.9. The number of ether oxygens (including phenoxy) is 2. The lowest BCUT2D eigenvalue weighted by molar-refractivity contribution is -0.138. The van der Waals surface area contributed by atoms with Crippen molar-refractivity contribution in [3.63, 3.8) is 0 Å². The highest BCUT2D eigenvalue weighted by atomic mass is 19.4. The van der Waals surface area contributed by atoms with Crippen LogP contribution < -0.4 is 10.1 Å². The van der Waals surface area contributed by atoms with Gasteiger partial charge in [-0.2, -0.15) is 13.2 Å². The number of aliphatic hydroxyl groups excluding tert-OH is 1. The molecule has 210 valence electrons. The van der Waals surface area contributed by atoms with Crippen molar-refractivity contribution in [1.82, 2.24) is 5.32 Å². The summed E-state index contributed by atoms with van der Waals surface area (Å²) in [6, 6.07) is 21.7. The molecule has 0 fully saturated rings. The van der Waals surface area contributed by atoms with Gasteiger partial charge in [0.1, 0.15) is 11.9 Å². The maximum atomic E-state index is 13.7. The van der Waals surface area contributed by atoms with Crippen LogP contribution in [0, 0.1) is 0 Å². The van der Waals surface area contributed by atoms with Crippen LogP contribution in [0.1, 0.15) is 42.0 Å². The van der Waals surface area contributed by atoms with Crippen molar-refractivity contribution in [3.8, 4) is 5.75 Å². The Balaban J connectivity index is 1.60. The summed E-state index contributed by atoms with van der Waals surface area (Å²) in [5.74, 6) is 0.337. The van der Waals surface area contributed by atoms with E-state index in [1.807, 2.05) is 42.5 Å². The van der Waals surface area contributed by atoms with Gasteiger partial charge in [-0.1, -0.05) is 60.7 Å². The molecule has 0 spiro atoms. The number of hydrogen-bond donors (Lipinski definition) is 2. The third-order valence-electron chi connectivity index (χ3n) is 6.63. The molecule has 0 aliphatic carbocycles. The summed E-state index contributed by atoms with van der Waals surface area (Å²) in [7, 11) is 0. The number of aliphatic hydroxyl groups is 1. The normalized spacial score (nSPS) is 18.8. The van der Waals surface area contributed by atoms with E-state index in [0.29, 0.717) is 24.3 Å². The lowest BCUT2D eigenvalue weighted by Crippen LogP contribution is -2.50. The van der Waals surface area contributed by atoms with E-state index < -0.39 is 29.3 Å². The highest BCUT2D eigenvalue weighted by Gasteiger charge is 2.49. The standard InChI is InChI=1S/C31H31F3N2O4/c1-22-30(18-7-11-23-9-3-2-4-10-23,29(38)35-21-25-12-5-6-13-27(25)31(32,33)34)36-28(40-22)24-14-16-26(17-15-24)39-20-8-19-37/h2-7,9-17,22,37H,8,18-21H2,1H3,(H,35,38)/b11-7+/t22-,30-/m1/s1. The number of hydrogen-bond acceptors (Lipinski definition) is 5. The predicted octanol–water partition coefficient (Wildman–Crippen LogP) is 5.79. The summed E-state index contributed by atoms with van der Waals surface area (Å²) in [4.78, 5) is 18.4. The van der Waals surface area contributed by atoms with E-state index in [9.17, 15) is 18.0 Å². The first-order valence-corrected chi connectivity index (χ1v) is 13.0. The molecule has 1 aliphatic heterocycles. The van der Waals surface area contributed by atoms with Crippen molar-refractivity contribution < 1.29 is 32.5 Å². The number of alkyl halides is 3. The Bertz CT molecular complexity index is 1340. The van der Waals surface area contributed by atoms with Gasteiger partial charge in [-0.15, -0.1) is 0 Å². The fourth-order valence-electron chi connectivity index (χ4n) is 4.40. The highest BCUT2D eigenvalue weighted by molar-refractivity contribution is 6.00. The molecule has 2 atom stereocenters. The lowest BCUT2D eigenvalue weighted by Gasteiger charge is -2.27. The Labute approximate surface area is 231 Å². The molecule has 2 N–H and O–H groups in total. The zero-order valence-electron chi connectivity index (χ0n) is 22.0. The first-order chi connectivity index (χ1) is 19.2. The van der Waals surface area contributed by atoms with Crippen LogP contribution in [0.2, 0.25) is 0 Å². The number of nitrogens with one attached hydrogen (secondary N) is 1. The summed E-state index contributed by atoms with van der Waals surface area (Å²) < 4.78 is 52.2. The van der Waals surface area contributed by atoms with Crippen LogP contribution in [0.25, 0.3) is 6.08 Å². The van der Waals surface area contributed by atoms with Crippen LogP contribution in [0.5, 0.6) is 5.75 Å². The molecule has 4 rings (SSSR count). The van der Waals surface area contributed by atoms with Crippen LogP contribution in [-0.4, -0.2) is 41.8 Å². The van der Waals surface area contributed by atoms with E-state index in [1.165, 1.54) is 18.2 Å². The van der Waals surface area contributed by atoms with Gasteiger partial charge in [0.25, 0.3) is 5.91 Å². The van der Waals surface area contributed by atoms with Gasteiger partial charge in [-0.25, -0.2) is 4.99 Å². The third-order valence-corrected chi connectivity index (χ3v) is 6.63. The molecule has 0 bridgehead atoms. The van der Waals surface area contributed by atoms with Crippen molar-refractivity contribution in [2.75, 3.05) is 13.2 Å². The van der Waals surface area contributed by atoms with Gasteiger partial charge in [0.05, 0.1) is 12.2 Å². The Morgan fingerprint density at radius 1 is 1.07 bits per heavy atom. The Morgan fingerprint density at radius 3 is 2.48 bits per heavy atom. The molecular weight excluding hydrogens is 521 g/mol. The van der Waals surface area contributed by atoms with Gasteiger partial charge in [0, 0.05) is 31.6 Å². The number of nitrogens with zero attached hydrogens (tertiary/aromatic N) is 1.